The van der Waals surface area contributed by atoms with Gasteiger partial charge in [-0.2, -0.15) is 0 Å². The molecule has 0 atom stereocenters. The van der Waals surface area contributed by atoms with Crippen molar-refractivity contribution in [1.82, 2.24) is 14.9 Å². The second-order valence-corrected chi connectivity index (χ2v) is 7.43. The van der Waals surface area contributed by atoms with Gasteiger partial charge in [0.2, 0.25) is 0 Å². The van der Waals surface area contributed by atoms with Crippen molar-refractivity contribution in [3.05, 3.63) is 51.8 Å². The SMILES string of the molecule is Cc1nc(C)c2c(C)c(C(=O)N(C)CCOc3ccccc3C)sc2n1. The minimum Gasteiger partial charge on any atom is -0.491 e. The Morgan fingerprint density at radius 2 is 1.88 bits per heavy atom. The lowest BCUT2D eigenvalue weighted by molar-refractivity contribution is 0.0778. The number of para-hydroxylation sites is 1. The molecule has 3 rings (SSSR count). The van der Waals surface area contributed by atoms with Crippen LogP contribution in [0.1, 0.15) is 32.3 Å². The van der Waals surface area contributed by atoms with E-state index in [-0.39, 0.29) is 5.91 Å². The third-order valence-electron chi connectivity index (χ3n) is 4.40. The number of hydrogen-bond acceptors (Lipinski definition) is 5. The normalized spacial score (nSPS) is 11.0. The Balaban J connectivity index is 1.72. The van der Waals surface area contributed by atoms with Crippen molar-refractivity contribution in [2.75, 3.05) is 20.2 Å². The van der Waals surface area contributed by atoms with Gasteiger partial charge in [0.15, 0.2) is 0 Å². The quantitative estimate of drug-likeness (QED) is 0.680. The van der Waals surface area contributed by atoms with Gasteiger partial charge in [-0.05, 0) is 44.9 Å². The number of thiophene rings is 1. The zero-order chi connectivity index (χ0) is 18.8. The molecule has 1 amide bonds. The highest BCUT2D eigenvalue weighted by Crippen LogP contribution is 2.31. The summed E-state index contributed by atoms with van der Waals surface area (Å²) in [5.74, 6) is 1.58. The van der Waals surface area contributed by atoms with E-state index in [2.05, 4.69) is 9.97 Å². The maximum absolute atomic E-state index is 12.9. The Morgan fingerprint density at radius 3 is 2.62 bits per heavy atom. The van der Waals surface area contributed by atoms with E-state index in [1.807, 2.05) is 52.0 Å². The molecule has 136 valence electrons. The monoisotopic (exact) mass is 369 g/mol. The molecule has 5 nitrogen and oxygen atoms in total. The number of benzene rings is 1. The smallest absolute Gasteiger partial charge is 0.264 e. The highest BCUT2D eigenvalue weighted by Gasteiger charge is 2.21. The second kappa shape index (κ2) is 7.41. The summed E-state index contributed by atoms with van der Waals surface area (Å²) < 4.78 is 5.80. The van der Waals surface area contributed by atoms with Gasteiger partial charge in [0.1, 0.15) is 23.0 Å². The van der Waals surface area contributed by atoms with Crippen molar-refractivity contribution < 1.29 is 9.53 Å². The molecule has 0 fully saturated rings. The summed E-state index contributed by atoms with van der Waals surface area (Å²) in [7, 11) is 1.80. The topological polar surface area (TPSA) is 55.3 Å². The Hall–Kier alpha value is -2.47. The predicted molar refractivity (Wildman–Crippen MR) is 105 cm³/mol. The molecule has 0 bridgehead atoms. The third kappa shape index (κ3) is 3.55. The zero-order valence-electron chi connectivity index (χ0n) is 15.8. The summed E-state index contributed by atoms with van der Waals surface area (Å²) in [6.45, 7) is 8.79. The van der Waals surface area contributed by atoms with Crippen molar-refractivity contribution in [3.8, 4) is 5.75 Å². The summed E-state index contributed by atoms with van der Waals surface area (Å²) in [6, 6.07) is 7.88. The number of likely N-dealkylation sites (N-methyl/N-ethyl adjacent to an activating group) is 1. The minimum absolute atomic E-state index is 0.00376. The third-order valence-corrected chi connectivity index (χ3v) is 5.58. The molecule has 0 spiro atoms. The summed E-state index contributed by atoms with van der Waals surface area (Å²) in [5, 5.41) is 0.994. The first-order valence-corrected chi connectivity index (χ1v) is 9.38. The van der Waals surface area contributed by atoms with Crippen molar-refractivity contribution in [2.24, 2.45) is 0 Å². The van der Waals surface area contributed by atoms with Crippen LogP contribution in [0.3, 0.4) is 0 Å². The van der Waals surface area contributed by atoms with Crippen LogP contribution in [0, 0.1) is 27.7 Å². The summed E-state index contributed by atoms with van der Waals surface area (Å²) in [6.07, 6.45) is 0. The number of fused-ring (bicyclic) bond motifs is 1. The van der Waals surface area contributed by atoms with Crippen LogP contribution >= 0.6 is 11.3 Å². The molecular weight excluding hydrogens is 346 g/mol. The fraction of sp³-hybridized carbons (Fsp3) is 0.350. The van der Waals surface area contributed by atoms with Gasteiger partial charge in [-0.25, -0.2) is 9.97 Å². The standard InChI is InChI=1S/C20H23N3O2S/c1-12-8-6-7-9-16(12)25-11-10-23(5)20(24)18-13(2)17-14(3)21-15(4)22-19(17)26-18/h6-9H,10-11H2,1-5H3. The van der Waals surface area contributed by atoms with Crippen LogP contribution in [-0.2, 0) is 0 Å². The highest BCUT2D eigenvalue weighted by molar-refractivity contribution is 7.20. The Bertz CT molecular complexity index is 965. The van der Waals surface area contributed by atoms with E-state index < -0.39 is 0 Å². The number of amides is 1. The number of rotatable bonds is 5. The molecule has 26 heavy (non-hydrogen) atoms. The first-order chi connectivity index (χ1) is 12.4. The number of ether oxygens (including phenoxy) is 1. The number of carbonyl (C=O) groups excluding carboxylic acids is 1. The molecule has 2 aromatic heterocycles. The van der Waals surface area contributed by atoms with Crippen molar-refractivity contribution in [3.63, 3.8) is 0 Å². The first-order valence-electron chi connectivity index (χ1n) is 8.56. The lowest BCUT2D eigenvalue weighted by atomic mass is 10.1. The van der Waals surface area contributed by atoms with Gasteiger partial charge in [0.05, 0.1) is 11.4 Å². The Morgan fingerprint density at radius 1 is 1.15 bits per heavy atom. The summed E-state index contributed by atoms with van der Waals surface area (Å²) in [5.41, 5.74) is 2.97. The largest absolute Gasteiger partial charge is 0.491 e. The Kier molecular flexibility index (Phi) is 5.23. The van der Waals surface area contributed by atoms with Crippen LogP contribution in [0.25, 0.3) is 10.2 Å². The van der Waals surface area contributed by atoms with Crippen LogP contribution in [0.5, 0.6) is 5.75 Å². The van der Waals surface area contributed by atoms with Crippen LogP contribution in [-0.4, -0.2) is 41.0 Å². The average Bonchev–Trinajstić information content (AvgIpc) is 2.92. The van der Waals surface area contributed by atoms with Gasteiger partial charge in [0.25, 0.3) is 5.91 Å². The second-order valence-electron chi connectivity index (χ2n) is 6.43. The highest BCUT2D eigenvalue weighted by atomic mass is 32.1. The fourth-order valence-corrected chi connectivity index (χ4v) is 4.24. The van der Waals surface area contributed by atoms with Crippen LogP contribution in [0.4, 0.5) is 0 Å². The maximum atomic E-state index is 12.9. The molecule has 0 N–H and O–H groups in total. The summed E-state index contributed by atoms with van der Waals surface area (Å²) in [4.78, 5) is 25.1. The van der Waals surface area contributed by atoms with E-state index in [9.17, 15) is 4.79 Å². The van der Waals surface area contributed by atoms with E-state index >= 15 is 0 Å². The lowest BCUT2D eigenvalue weighted by Crippen LogP contribution is -2.30. The number of hydrogen-bond donors (Lipinski definition) is 0. The van der Waals surface area contributed by atoms with Crippen molar-refractivity contribution in [2.45, 2.75) is 27.7 Å². The molecule has 0 aliphatic heterocycles. The molecular formula is C20H23N3O2S. The predicted octanol–water partition coefficient (Wildman–Crippen LogP) is 4.08. The molecule has 0 saturated heterocycles. The van der Waals surface area contributed by atoms with Crippen LogP contribution in [0.15, 0.2) is 24.3 Å². The molecule has 0 aliphatic carbocycles. The molecule has 0 radical (unpaired) electrons. The van der Waals surface area contributed by atoms with Gasteiger partial charge in [-0.15, -0.1) is 11.3 Å². The molecule has 0 aliphatic rings. The van der Waals surface area contributed by atoms with Crippen molar-refractivity contribution in [1.29, 1.82) is 0 Å². The molecule has 1 aromatic carbocycles. The molecule has 0 saturated carbocycles. The average molecular weight is 369 g/mol. The van der Waals surface area contributed by atoms with E-state index in [1.54, 1.807) is 11.9 Å². The van der Waals surface area contributed by atoms with E-state index in [4.69, 9.17) is 4.74 Å². The van der Waals surface area contributed by atoms with Crippen LogP contribution in [0.2, 0.25) is 0 Å². The fourth-order valence-electron chi connectivity index (χ4n) is 2.96. The Labute approximate surface area is 157 Å². The number of carbonyl (C=O) groups is 1. The molecule has 3 aromatic rings. The minimum atomic E-state index is -0.00376. The van der Waals surface area contributed by atoms with Crippen LogP contribution < -0.4 is 4.74 Å². The number of aromatic nitrogens is 2. The number of aryl methyl sites for hydroxylation is 4. The first kappa shape index (κ1) is 18.3. The van der Waals surface area contributed by atoms with Gasteiger partial charge in [-0.3, -0.25) is 4.79 Å². The summed E-state index contributed by atoms with van der Waals surface area (Å²) >= 11 is 1.44. The van der Waals surface area contributed by atoms with Gasteiger partial charge >= 0.3 is 0 Å². The number of nitrogens with zero attached hydrogens (tertiary/aromatic N) is 3. The molecule has 0 unspecified atom stereocenters. The van der Waals surface area contributed by atoms with Gasteiger partial charge in [0, 0.05) is 18.1 Å². The van der Waals surface area contributed by atoms with Gasteiger partial charge < -0.3 is 9.64 Å². The van der Waals surface area contributed by atoms with Crippen molar-refractivity contribution >= 4 is 27.5 Å². The zero-order valence-corrected chi connectivity index (χ0v) is 16.6. The lowest BCUT2D eigenvalue weighted by Gasteiger charge is -2.17. The molecule has 2 heterocycles. The van der Waals surface area contributed by atoms with E-state index in [0.29, 0.717) is 13.2 Å². The molecule has 6 heteroatoms. The van der Waals surface area contributed by atoms with E-state index in [0.717, 1.165) is 43.5 Å². The van der Waals surface area contributed by atoms with Gasteiger partial charge in [-0.1, -0.05) is 18.2 Å². The maximum Gasteiger partial charge on any atom is 0.264 e. The van der Waals surface area contributed by atoms with E-state index in [1.165, 1.54) is 11.3 Å².